The lowest BCUT2D eigenvalue weighted by molar-refractivity contribution is 0.137. The average molecular weight is 562 g/mol. The molecule has 0 aromatic carbocycles. The standard InChI is InChI=1S/C23H39N.C6H10S.3C2H6.C2H4/c1-6-20(7-2)12-18(4)19(5)24-16-23-14-22(15-23)13-21-10-8-17(3)9-11-21;1-4-5(2)6(3)7;4*1-2/h6,12,17,21-24H,1,7-11,13-16H2,2-5H3;4H,1-3H3;3*1-2H3;1-2H2/b19-18+,20-12+;5-4+;;;;. The van der Waals surface area contributed by atoms with Crippen molar-refractivity contribution in [1.82, 2.24) is 5.32 Å². The Kier molecular flexibility index (Phi) is 35.6. The van der Waals surface area contributed by atoms with E-state index in [1.54, 1.807) is 0 Å². The van der Waals surface area contributed by atoms with Gasteiger partial charge in [-0.1, -0.05) is 118 Å². The van der Waals surface area contributed by atoms with Crippen molar-refractivity contribution < 1.29 is 0 Å². The third-order valence-corrected chi connectivity index (χ3v) is 7.77. The molecule has 0 saturated heterocycles. The molecular formula is C37H71NS. The quantitative estimate of drug-likeness (QED) is 0.130. The molecule has 0 spiro atoms. The molecule has 0 radical (unpaired) electrons. The molecule has 2 aliphatic rings. The minimum absolute atomic E-state index is 0.897. The van der Waals surface area contributed by atoms with E-state index in [0.717, 1.165) is 41.5 Å². The van der Waals surface area contributed by atoms with Crippen molar-refractivity contribution >= 4 is 17.1 Å². The highest BCUT2D eigenvalue weighted by Gasteiger charge is 2.31. The average Bonchev–Trinajstić information content (AvgIpc) is 2.97. The fourth-order valence-electron chi connectivity index (χ4n) is 4.60. The first-order valence-corrected chi connectivity index (χ1v) is 16.5. The van der Waals surface area contributed by atoms with Crippen molar-refractivity contribution in [1.29, 1.82) is 0 Å². The molecule has 2 rings (SSSR count). The van der Waals surface area contributed by atoms with E-state index in [0.29, 0.717) is 0 Å². The summed E-state index contributed by atoms with van der Waals surface area (Å²) in [6, 6.07) is 0. The van der Waals surface area contributed by atoms with Crippen molar-refractivity contribution in [3.63, 3.8) is 0 Å². The highest BCUT2D eigenvalue weighted by atomic mass is 32.1. The maximum absolute atomic E-state index is 4.85. The van der Waals surface area contributed by atoms with Crippen LogP contribution in [0, 0.1) is 23.7 Å². The lowest BCUT2D eigenvalue weighted by Crippen LogP contribution is -2.34. The molecule has 0 aromatic heterocycles. The Morgan fingerprint density at radius 3 is 1.69 bits per heavy atom. The predicted molar refractivity (Wildman–Crippen MR) is 190 cm³/mol. The Bertz CT molecular complexity index is 668. The largest absolute Gasteiger partial charge is 0.388 e. The van der Waals surface area contributed by atoms with Gasteiger partial charge in [0.05, 0.1) is 0 Å². The van der Waals surface area contributed by atoms with Gasteiger partial charge in [-0.25, -0.2) is 0 Å². The van der Waals surface area contributed by atoms with Crippen molar-refractivity contribution in [2.45, 2.75) is 141 Å². The zero-order chi connectivity index (χ0) is 31.4. The van der Waals surface area contributed by atoms with Crippen LogP contribution in [0.4, 0.5) is 0 Å². The monoisotopic (exact) mass is 562 g/mol. The second-order valence-corrected chi connectivity index (χ2v) is 10.7. The van der Waals surface area contributed by atoms with Gasteiger partial charge in [-0.3, -0.25) is 0 Å². The summed E-state index contributed by atoms with van der Waals surface area (Å²) in [5.74, 6) is 3.95. The molecule has 0 aliphatic heterocycles. The van der Waals surface area contributed by atoms with E-state index in [9.17, 15) is 0 Å². The van der Waals surface area contributed by atoms with E-state index in [1.807, 2.05) is 74.5 Å². The van der Waals surface area contributed by atoms with Crippen LogP contribution < -0.4 is 5.32 Å². The van der Waals surface area contributed by atoms with Crippen molar-refractivity contribution in [2.75, 3.05) is 6.54 Å². The predicted octanol–water partition coefficient (Wildman–Crippen LogP) is 12.9. The van der Waals surface area contributed by atoms with Crippen LogP contribution in [0.2, 0.25) is 0 Å². The van der Waals surface area contributed by atoms with Crippen molar-refractivity contribution in [2.24, 2.45) is 23.7 Å². The first-order chi connectivity index (χ1) is 18.7. The Balaban J connectivity index is -0.000000343. The molecule has 1 N–H and O–H groups in total. The summed E-state index contributed by atoms with van der Waals surface area (Å²) >= 11 is 4.85. The number of rotatable bonds is 9. The Hall–Kier alpha value is -1.41. The van der Waals surface area contributed by atoms with Crippen LogP contribution in [0.3, 0.4) is 0 Å². The fraction of sp³-hybridized carbons (Fsp3) is 0.703. The van der Waals surface area contributed by atoms with Crippen LogP contribution in [0.15, 0.2) is 60.4 Å². The van der Waals surface area contributed by atoms with Gasteiger partial charge in [0.15, 0.2) is 0 Å². The van der Waals surface area contributed by atoms with E-state index in [4.69, 9.17) is 12.2 Å². The maximum atomic E-state index is 4.85. The van der Waals surface area contributed by atoms with Crippen molar-refractivity contribution in [3.8, 4) is 0 Å². The molecule has 230 valence electrons. The smallest absolute Gasteiger partial charge is 0.0172 e. The summed E-state index contributed by atoms with van der Waals surface area (Å²) in [7, 11) is 0. The number of thiocarbonyl (C=S) groups is 1. The summed E-state index contributed by atoms with van der Waals surface area (Å²) in [6.45, 7) is 38.0. The van der Waals surface area contributed by atoms with Gasteiger partial charge in [-0.15, -0.1) is 13.2 Å². The molecule has 0 unspecified atom stereocenters. The molecule has 0 heterocycles. The molecule has 2 fully saturated rings. The number of allylic oxidation sites excluding steroid dienone is 7. The van der Waals surface area contributed by atoms with Gasteiger partial charge in [0.25, 0.3) is 0 Å². The minimum atomic E-state index is 0.897. The molecule has 0 bridgehead atoms. The van der Waals surface area contributed by atoms with Crippen LogP contribution in [0.5, 0.6) is 0 Å². The Labute approximate surface area is 253 Å². The zero-order valence-electron chi connectivity index (χ0n) is 28.9. The number of hydrogen-bond donors (Lipinski definition) is 1. The molecule has 0 atom stereocenters. The van der Waals surface area contributed by atoms with Gasteiger partial charge < -0.3 is 5.32 Å². The molecule has 0 aromatic rings. The van der Waals surface area contributed by atoms with Crippen LogP contribution >= 0.6 is 12.2 Å². The Morgan fingerprint density at radius 2 is 1.33 bits per heavy atom. The van der Waals surface area contributed by atoms with E-state index >= 15 is 0 Å². The second-order valence-electron chi connectivity index (χ2n) is 10.1. The fourth-order valence-corrected chi connectivity index (χ4v) is 4.72. The molecule has 1 nitrogen and oxygen atoms in total. The third-order valence-electron chi connectivity index (χ3n) is 7.44. The molecule has 2 saturated carbocycles. The molecule has 2 aliphatic carbocycles. The van der Waals surface area contributed by atoms with Crippen LogP contribution in [0.25, 0.3) is 0 Å². The normalized spacial score (nSPS) is 22.3. The number of nitrogens with one attached hydrogen (secondary N) is 1. The van der Waals surface area contributed by atoms with E-state index < -0.39 is 0 Å². The van der Waals surface area contributed by atoms with Gasteiger partial charge >= 0.3 is 0 Å². The first kappa shape index (κ1) is 44.6. The SMILES string of the molecule is C/C=C(\C)C(C)=S.C=C.C=C/C(=C\C(C)=C(/C)NCC1CC(CC2CCC(C)CC2)C1)CC.CC.CC.CC. The van der Waals surface area contributed by atoms with Crippen molar-refractivity contribution in [3.05, 3.63) is 60.4 Å². The van der Waals surface area contributed by atoms with Crippen LogP contribution in [-0.2, 0) is 0 Å². The molecular weight excluding hydrogens is 490 g/mol. The van der Waals surface area contributed by atoms with E-state index in [2.05, 4.69) is 58.8 Å². The highest BCUT2D eigenvalue weighted by molar-refractivity contribution is 7.80. The van der Waals surface area contributed by atoms with Gasteiger partial charge in [0.2, 0.25) is 0 Å². The molecule has 2 heteroatoms. The summed E-state index contributed by atoms with van der Waals surface area (Å²) < 4.78 is 0. The molecule has 39 heavy (non-hydrogen) atoms. The summed E-state index contributed by atoms with van der Waals surface area (Å²) in [5, 5.41) is 3.67. The highest BCUT2D eigenvalue weighted by Crippen LogP contribution is 2.41. The first-order valence-electron chi connectivity index (χ1n) is 16.1. The van der Waals surface area contributed by atoms with Crippen LogP contribution in [0.1, 0.15) is 141 Å². The van der Waals surface area contributed by atoms with Gasteiger partial charge in [-0.2, -0.15) is 0 Å². The summed E-state index contributed by atoms with van der Waals surface area (Å²) in [6.07, 6.45) is 17.7. The van der Waals surface area contributed by atoms with Crippen LogP contribution in [-0.4, -0.2) is 11.4 Å². The lowest BCUT2D eigenvalue weighted by atomic mass is 9.68. The second kappa shape index (κ2) is 31.1. The van der Waals surface area contributed by atoms with Gasteiger partial charge in [0, 0.05) is 17.1 Å². The lowest BCUT2D eigenvalue weighted by Gasteiger charge is -2.39. The minimum Gasteiger partial charge on any atom is -0.388 e. The van der Waals surface area contributed by atoms with E-state index in [1.165, 1.54) is 67.4 Å². The number of hydrogen-bond acceptors (Lipinski definition) is 2. The summed E-state index contributed by atoms with van der Waals surface area (Å²) in [5.41, 5.74) is 5.20. The topological polar surface area (TPSA) is 12.0 Å². The summed E-state index contributed by atoms with van der Waals surface area (Å²) in [4.78, 5) is 0.988. The Morgan fingerprint density at radius 1 is 0.846 bits per heavy atom. The maximum Gasteiger partial charge on any atom is 0.0172 e. The van der Waals surface area contributed by atoms with Gasteiger partial charge in [0.1, 0.15) is 0 Å². The van der Waals surface area contributed by atoms with Gasteiger partial charge in [-0.05, 0) is 101 Å². The molecule has 0 amide bonds. The third kappa shape index (κ3) is 23.0. The zero-order valence-corrected chi connectivity index (χ0v) is 29.8. The van der Waals surface area contributed by atoms with E-state index in [-0.39, 0.29) is 0 Å².